The molecule has 2 heteroatoms. The van der Waals surface area contributed by atoms with Crippen molar-refractivity contribution in [2.75, 3.05) is 0 Å². The second-order valence-corrected chi connectivity index (χ2v) is 4.61. The molecule has 1 aromatic heterocycles. The Morgan fingerprint density at radius 1 is 1.33 bits per heavy atom. The summed E-state index contributed by atoms with van der Waals surface area (Å²) in [6.07, 6.45) is 3.31. The first kappa shape index (κ1) is 8.98. The lowest BCUT2D eigenvalue weighted by Crippen LogP contribution is -2.18. The molecule has 3 rings (SSSR count). The molecular weight excluding hydrogens is 184 g/mol. The van der Waals surface area contributed by atoms with Crippen LogP contribution in [0.3, 0.4) is 0 Å². The number of aryl methyl sites for hydroxylation is 1. The predicted molar refractivity (Wildman–Crippen MR) is 62.8 cm³/mol. The molecule has 1 aliphatic rings. The standard InChI is InChI=1S/C13H16N2/c1-2-9-3-4-11-10(7-9)8-12(15-11)13(14)5-6-13/h3-4,7-8,15H,2,5-6,14H2,1H3. The topological polar surface area (TPSA) is 41.8 Å². The van der Waals surface area contributed by atoms with Crippen LogP contribution in [0, 0.1) is 0 Å². The summed E-state index contributed by atoms with van der Waals surface area (Å²) < 4.78 is 0. The van der Waals surface area contributed by atoms with E-state index in [1.165, 1.54) is 22.2 Å². The summed E-state index contributed by atoms with van der Waals surface area (Å²) in [5, 5.41) is 1.29. The minimum absolute atomic E-state index is 0.0502. The highest BCUT2D eigenvalue weighted by Gasteiger charge is 2.41. The number of aromatic nitrogens is 1. The van der Waals surface area contributed by atoms with Gasteiger partial charge in [-0.05, 0) is 48.4 Å². The maximum Gasteiger partial charge on any atom is 0.0563 e. The molecule has 0 radical (unpaired) electrons. The first-order valence-electron chi connectivity index (χ1n) is 5.62. The molecule has 1 heterocycles. The average Bonchev–Trinajstić information content (AvgIpc) is 2.85. The Morgan fingerprint density at radius 2 is 2.13 bits per heavy atom. The molecule has 0 saturated heterocycles. The molecule has 0 unspecified atom stereocenters. The second-order valence-electron chi connectivity index (χ2n) is 4.61. The number of hydrogen-bond acceptors (Lipinski definition) is 1. The van der Waals surface area contributed by atoms with Crippen LogP contribution in [0.15, 0.2) is 24.3 Å². The van der Waals surface area contributed by atoms with E-state index in [0.29, 0.717) is 0 Å². The molecule has 0 amide bonds. The van der Waals surface area contributed by atoms with E-state index in [1.807, 2.05) is 0 Å². The van der Waals surface area contributed by atoms with Crippen LogP contribution < -0.4 is 5.73 Å². The maximum atomic E-state index is 6.17. The Hall–Kier alpha value is -1.28. The fraction of sp³-hybridized carbons (Fsp3) is 0.385. The summed E-state index contributed by atoms with van der Waals surface area (Å²) in [5.74, 6) is 0. The van der Waals surface area contributed by atoms with Gasteiger partial charge in [-0.3, -0.25) is 0 Å². The molecule has 2 nitrogen and oxygen atoms in total. The van der Waals surface area contributed by atoms with E-state index in [0.717, 1.165) is 19.3 Å². The van der Waals surface area contributed by atoms with E-state index in [4.69, 9.17) is 5.73 Å². The molecule has 2 aromatic rings. The molecule has 1 aromatic carbocycles. The van der Waals surface area contributed by atoms with E-state index < -0.39 is 0 Å². The number of aromatic amines is 1. The first-order chi connectivity index (χ1) is 7.21. The molecule has 1 fully saturated rings. The van der Waals surface area contributed by atoms with Crippen LogP contribution in [0.5, 0.6) is 0 Å². The number of hydrogen-bond donors (Lipinski definition) is 2. The molecule has 0 bridgehead atoms. The summed E-state index contributed by atoms with van der Waals surface area (Å²) in [4.78, 5) is 3.42. The van der Waals surface area contributed by atoms with E-state index in [-0.39, 0.29) is 5.54 Å². The Kier molecular flexibility index (Phi) is 1.71. The van der Waals surface area contributed by atoms with Crippen molar-refractivity contribution in [2.45, 2.75) is 31.7 Å². The fourth-order valence-corrected chi connectivity index (χ4v) is 2.07. The zero-order valence-corrected chi connectivity index (χ0v) is 9.01. The molecular formula is C13H16N2. The summed E-state index contributed by atoms with van der Waals surface area (Å²) >= 11 is 0. The van der Waals surface area contributed by atoms with Gasteiger partial charge in [-0.1, -0.05) is 13.0 Å². The van der Waals surface area contributed by atoms with Gasteiger partial charge in [-0.2, -0.15) is 0 Å². The number of nitrogens with one attached hydrogen (secondary N) is 1. The molecule has 1 aliphatic carbocycles. The summed E-state index contributed by atoms with van der Waals surface area (Å²) in [7, 11) is 0. The van der Waals surface area contributed by atoms with Gasteiger partial charge in [0, 0.05) is 11.2 Å². The van der Waals surface area contributed by atoms with Crippen molar-refractivity contribution >= 4 is 10.9 Å². The van der Waals surface area contributed by atoms with Crippen LogP contribution in [0.25, 0.3) is 10.9 Å². The highest BCUT2D eigenvalue weighted by molar-refractivity contribution is 5.81. The van der Waals surface area contributed by atoms with E-state index in [9.17, 15) is 0 Å². The second kappa shape index (κ2) is 2.86. The number of nitrogens with two attached hydrogens (primary N) is 1. The summed E-state index contributed by atoms with van der Waals surface area (Å²) in [5.41, 5.74) is 9.91. The van der Waals surface area contributed by atoms with E-state index in [2.05, 4.69) is 36.2 Å². The van der Waals surface area contributed by atoms with Gasteiger partial charge in [0.05, 0.1) is 5.54 Å². The van der Waals surface area contributed by atoms with Gasteiger partial charge < -0.3 is 10.7 Å². The fourth-order valence-electron chi connectivity index (χ4n) is 2.07. The van der Waals surface area contributed by atoms with Gasteiger partial charge in [0.2, 0.25) is 0 Å². The molecule has 1 saturated carbocycles. The van der Waals surface area contributed by atoms with Crippen molar-refractivity contribution < 1.29 is 0 Å². The van der Waals surface area contributed by atoms with Gasteiger partial charge in [0.15, 0.2) is 0 Å². The van der Waals surface area contributed by atoms with Gasteiger partial charge >= 0.3 is 0 Å². The van der Waals surface area contributed by atoms with Gasteiger partial charge in [-0.15, -0.1) is 0 Å². The SMILES string of the molecule is CCc1ccc2[nH]c(C3(N)CC3)cc2c1. The third kappa shape index (κ3) is 1.37. The molecule has 78 valence electrons. The van der Waals surface area contributed by atoms with Crippen LogP contribution in [-0.2, 0) is 12.0 Å². The molecule has 15 heavy (non-hydrogen) atoms. The normalized spacial score (nSPS) is 18.3. The highest BCUT2D eigenvalue weighted by Crippen LogP contribution is 2.42. The van der Waals surface area contributed by atoms with Crippen LogP contribution in [-0.4, -0.2) is 4.98 Å². The Bertz CT molecular complexity index is 506. The lowest BCUT2D eigenvalue weighted by molar-refractivity contribution is 0.717. The zero-order valence-electron chi connectivity index (χ0n) is 9.01. The molecule has 3 N–H and O–H groups in total. The van der Waals surface area contributed by atoms with Crippen molar-refractivity contribution in [3.63, 3.8) is 0 Å². The van der Waals surface area contributed by atoms with Gasteiger partial charge in [-0.25, -0.2) is 0 Å². The third-order valence-electron chi connectivity index (χ3n) is 3.42. The van der Waals surface area contributed by atoms with Crippen molar-refractivity contribution in [1.29, 1.82) is 0 Å². The smallest absolute Gasteiger partial charge is 0.0563 e. The Morgan fingerprint density at radius 3 is 2.80 bits per heavy atom. The van der Waals surface area contributed by atoms with E-state index >= 15 is 0 Å². The van der Waals surface area contributed by atoms with Crippen LogP contribution >= 0.6 is 0 Å². The molecule has 0 atom stereocenters. The van der Waals surface area contributed by atoms with Crippen molar-refractivity contribution in [3.8, 4) is 0 Å². The average molecular weight is 200 g/mol. The molecule has 0 aliphatic heterocycles. The van der Waals surface area contributed by atoms with Crippen molar-refractivity contribution in [2.24, 2.45) is 5.73 Å². The quantitative estimate of drug-likeness (QED) is 0.769. The van der Waals surface area contributed by atoms with Crippen molar-refractivity contribution in [3.05, 3.63) is 35.5 Å². The van der Waals surface area contributed by atoms with Gasteiger partial charge in [0.1, 0.15) is 0 Å². The Balaban J connectivity index is 2.13. The minimum atomic E-state index is -0.0502. The lowest BCUT2D eigenvalue weighted by atomic mass is 10.1. The Labute approximate surface area is 89.5 Å². The summed E-state index contributed by atoms with van der Waals surface area (Å²) in [6.45, 7) is 2.18. The molecule has 0 spiro atoms. The first-order valence-corrected chi connectivity index (χ1v) is 5.62. The highest BCUT2D eigenvalue weighted by atomic mass is 14.9. The monoisotopic (exact) mass is 200 g/mol. The van der Waals surface area contributed by atoms with Crippen molar-refractivity contribution in [1.82, 2.24) is 4.98 Å². The predicted octanol–water partition coefficient (Wildman–Crippen LogP) is 2.68. The number of fused-ring (bicyclic) bond motifs is 1. The van der Waals surface area contributed by atoms with Gasteiger partial charge in [0.25, 0.3) is 0 Å². The maximum absolute atomic E-state index is 6.17. The van der Waals surface area contributed by atoms with Crippen LogP contribution in [0.4, 0.5) is 0 Å². The lowest BCUT2D eigenvalue weighted by Gasteiger charge is -2.03. The minimum Gasteiger partial charge on any atom is -0.357 e. The van der Waals surface area contributed by atoms with Crippen LogP contribution in [0.2, 0.25) is 0 Å². The summed E-state index contributed by atoms with van der Waals surface area (Å²) in [6, 6.07) is 8.80. The third-order valence-corrected chi connectivity index (χ3v) is 3.42. The number of benzene rings is 1. The number of rotatable bonds is 2. The number of H-pyrrole nitrogens is 1. The largest absolute Gasteiger partial charge is 0.357 e. The van der Waals surface area contributed by atoms with E-state index in [1.54, 1.807) is 0 Å². The zero-order chi connectivity index (χ0) is 10.5. The van der Waals surface area contributed by atoms with Crippen LogP contribution in [0.1, 0.15) is 31.0 Å².